The van der Waals surface area contributed by atoms with Gasteiger partial charge in [0.25, 0.3) is 0 Å². The maximum atomic E-state index is 11.1. The van der Waals surface area contributed by atoms with Crippen LogP contribution < -0.4 is 0 Å². The van der Waals surface area contributed by atoms with Crippen molar-refractivity contribution in [2.75, 3.05) is 0 Å². The zero-order chi connectivity index (χ0) is 7.61. The molecule has 2 heteroatoms. The lowest BCUT2D eigenvalue weighted by atomic mass is 9.84. The van der Waals surface area contributed by atoms with Crippen LogP contribution in [0.2, 0.25) is 0 Å². The molecule has 0 radical (unpaired) electrons. The molecule has 56 valence electrons. The first-order valence-corrected chi connectivity index (χ1v) is 3.74. The Hall–Kier alpha value is -0.660. The third-order valence-corrected chi connectivity index (χ3v) is 2.43. The largest absolute Gasteiger partial charge is 0.305 e. The van der Waals surface area contributed by atoms with Crippen molar-refractivity contribution >= 4 is 12.0 Å². The molecule has 0 atom stereocenters. The number of nitrogens with one attached hydrogen (secondary N) is 1. The van der Waals surface area contributed by atoms with Gasteiger partial charge in [-0.05, 0) is 12.8 Å². The van der Waals surface area contributed by atoms with E-state index in [4.69, 9.17) is 5.41 Å². The second-order valence-corrected chi connectivity index (χ2v) is 3.28. The van der Waals surface area contributed by atoms with Crippen LogP contribution in [0.4, 0.5) is 0 Å². The number of carbonyl (C=O) groups excluding carboxylic acids is 1. The first-order chi connectivity index (χ1) is 4.69. The number of Topliss-reactive ketones (excluding diaryl/α,β-unsaturated/α-hetero) is 1. The highest BCUT2D eigenvalue weighted by atomic mass is 16.1. The summed E-state index contributed by atoms with van der Waals surface area (Å²) >= 11 is 0. The van der Waals surface area contributed by atoms with Crippen LogP contribution in [0.25, 0.3) is 0 Å². The molecule has 0 aromatic carbocycles. The van der Waals surface area contributed by atoms with E-state index in [0.717, 1.165) is 31.9 Å². The summed E-state index contributed by atoms with van der Waals surface area (Å²) in [5.74, 6) is 0.00463. The summed E-state index contributed by atoms with van der Waals surface area (Å²) < 4.78 is 0. The van der Waals surface area contributed by atoms with Crippen molar-refractivity contribution < 1.29 is 4.79 Å². The van der Waals surface area contributed by atoms with Gasteiger partial charge >= 0.3 is 0 Å². The van der Waals surface area contributed by atoms with Crippen molar-refractivity contribution in [3.63, 3.8) is 0 Å². The molecule has 1 N–H and O–H groups in total. The van der Waals surface area contributed by atoms with Crippen molar-refractivity contribution in [2.45, 2.75) is 32.6 Å². The molecule has 0 unspecified atom stereocenters. The Balaban J connectivity index is 2.66. The predicted octanol–water partition coefficient (Wildman–Crippen LogP) is 1.79. The van der Waals surface area contributed by atoms with E-state index in [-0.39, 0.29) is 11.2 Å². The van der Waals surface area contributed by atoms with Crippen molar-refractivity contribution in [2.24, 2.45) is 5.41 Å². The second kappa shape index (κ2) is 2.52. The van der Waals surface area contributed by atoms with E-state index in [1.807, 2.05) is 6.92 Å². The predicted molar refractivity (Wildman–Crippen MR) is 40.4 cm³/mol. The molecule has 0 spiro atoms. The lowest BCUT2D eigenvalue weighted by Gasteiger charge is -2.17. The maximum absolute atomic E-state index is 11.1. The standard InChI is InChI=1S/C8H13NO/c1-8(7(10)6-9)4-2-3-5-8/h6,9H,2-5H2,1H3. The number of hydrogen-bond donors (Lipinski definition) is 1. The topological polar surface area (TPSA) is 40.9 Å². The Bertz CT molecular complexity index is 157. The zero-order valence-corrected chi connectivity index (χ0v) is 6.31. The zero-order valence-electron chi connectivity index (χ0n) is 6.31. The molecule has 1 rings (SSSR count). The highest BCUT2D eigenvalue weighted by Crippen LogP contribution is 2.37. The molecule has 0 amide bonds. The van der Waals surface area contributed by atoms with E-state index >= 15 is 0 Å². The van der Waals surface area contributed by atoms with Crippen LogP contribution in [0.5, 0.6) is 0 Å². The Kier molecular flexibility index (Phi) is 1.88. The molecule has 1 aliphatic carbocycles. The van der Waals surface area contributed by atoms with Gasteiger partial charge in [-0.15, -0.1) is 0 Å². The van der Waals surface area contributed by atoms with Gasteiger partial charge in [0, 0.05) is 5.41 Å². The summed E-state index contributed by atoms with van der Waals surface area (Å²) in [6, 6.07) is 0. The Labute approximate surface area is 61.1 Å². The minimum atomic E-state index is -0.179. The monoisotopic (exact) mass is 139 g/mol. The third-order valence-electron chi connectivity index (χ3n) is 2.43. The van der Waals surface area contributed by atoms with Gasteiger partial charge in [0.2, 0.25) is 0 Å². The average molecular weight is 139 g/mol. The summed E-state index contributed by atoms with van der Waals surface area (Å²) in [6.45, 7) is 1.97. The second-order valence-electron chi connectivity index (χ2n) is 3.28. The van der Waals surface area contributed by atoms with Gasteiger partial charge in [-0.2, -0.15) is 0 Å². The van der Waals surface area contributed by atoms with Crippen molar-refractivity contribution in [1.82, 2.24) is 0 Å². The summed E-state index contributed by atoms with van der Waals surface area (Å²) in [6.07, 6.45) is 5.21. The van der Waals surface area contributed by atoms with Gasteiger partial charge in [-0.25, -0.2) is 0 Å². The fourth-order valence-electron chi connectivity index (χ4n) is 1.58. The lowest BCUT2D eigenvalue weighted by Crippen LogP contribution is -2.24. The van der Waals surface area contributed by atoms with Gasteiger partial charge in [-0.1, -0.05) is 19.8 Å². The Morgan fingerprint density at radius 3 is 2.40 bits per heavy atom. The van der Waals surface area contributed by atoms with Crippen LogP contribution in [-0.2, 0) is 4.79 Å². The van der Waals surface area contributed by atoms with Crippen LogP contribution >= 0.6 is 0 Å². The average Bonchev–Trinajstić information content (AvgIpc) is 2.36. The quantitative estimate of drug-likeness (QED) is 0.582. The fourth-order valence-corrected chi connectivity index (χ4v) is 1.58. The molecule has 0 bridgehead atoms. The van der Waals surface area contributed by atoms with Crippen LogP contribution in [0.15, 0.2) is 0 Å². The van der Waals surface area contributed by atoms with E-state index in [2.05, 4.69) is 0 Å². The Morgan fingerprint density at radius 1 is 1.50 bits per heavy atom. The fraction of sp³-hybridized carbons (Fsp3) is 0.750. The summed E-state index contributed by atoms with van der Waals surface area (Å²) in [7, 11) is 0. The lowest BCUT2D eigenvalue weighted by molar-refractivity contribution is -0.120. The molecular formula is C8H13NO. The van der Waals surface area contributed by atoms with Gasteiger partial charge in [0.05, 0.1) is 6.21 Å². The molecule has 0 aliphatic heterocycles. The van der Waals surface area contributed by atoms with E-state index in [1.54, 1.807) is 0 Å². The molecule has 0 aromatic rings. The number of carbonyl (C=O) groups is 1. The molecule has 1 fully saturated rings. The van der Waals surface area contributed by atoms with Gasteiger partial charge in [0.1, 0.15) is 0 Å². The maximum Gasteiger partial charge on any atom is 0.178 e. The van der Waals surface area contributed by atoms with Crippen LogP contribution in [0, 0.1) is 10.8 Å². The van der Waals surface area contributed by atoms with E-state index in [1.165, 1.54) is 0 Å². The van der Waals surface area contributed by atoms with Crippen LogP contribution in [0.3, 0.4) is 0 Å². The van der Waals surface area contributed by atoms with Crippen molar-refractivity contribution in [1.29, 1.82) is 5.41 Å². The molecule has 0 heterocycles. The molecule has 1 aliphatic rings. The van der Waals surface area contributed by atoms with E-state index in [9.17, 15) is 4.79 Å². The minimum Gasteiger partial charge on any atom is -0.305 e. The SMILES string of the molecule is CC1(C(=O)C=N)CCCC1. The number of rotatable bonds is 2. The Morgan fingerprint density at radius 2 is 2.00 bits per heavy atom. The molecule has 0 aromatic heterocycles. The van der Waals surface area contributed by atoms with Crippen molar-refractivity contribution in [3.05, 3.63) is 0 Å². The summed E-state index contributed by atoms with van der Waals surface area (Å²) in [4.78, 5) is 11.1. The first-order valence-electron chi connectivity index (χ1n) is 3.74. The van der Waals surface area contributed by atoms with Crippen molar-refractivity contribution in [3.8, 4) is 0 Å². The number of hydrogen-bond acceptors (Lipinski definition) is 2. The minimum absolute atomic E-state index is 0.00463. The van der Waals surface area contributed by atoms with Gasteiger partial charge < -0.3 is 5.41 Å². The number of ketones is 1. The van der Waals surface area contributed by atoms with Gasteiger partial charge in [0.15, 0.2) is 5.78 Å². The summed E-state index contributed by atoms with van der Waals surface area (Å²) in [5.41, 5.74) is -0.179. The molecule has 0 saturated heterocycles. The molecule has 2 nitrogen and oxygen atoms in total. The van der Waals surface area contributed by atoms with Crippen LogP contribution in [-0.4, -0.2) is 12.0 Å². The molecular weight excluding hydrogens is 126 g/mol. The van der Waals surface area contributed by atoms with E-state index < -0.39 is 0 Å². The summed E-state index contributed by atoms with van der Waals surface area (Å²) in [5, 5.41) is 6.82. The molecule has 10 heavy (non-hydrogen) atoms. The van der Waals surface area contributed by atoms with E-state index in [0.29, 0.717) is 0 Å². The van der Waals surface area contributed by atoms with Gasteiger partial charge in [-0.3, -0.25) is 4.79 Å². The van der Waals surface area contributed by atoms with Crippen LogP contribution in [0.1, 0.15) is 32.6 Å². The highest BCUT2D eigenvalue weighted by molar-refractivity contribution is 6.28. The highest BCUT2D eigenvalue weighted by Gasteiger charge is 2.34. The first kappa shape index (κ1) is 7.45. The molecule has 1 saturated carbocycles. The third kappa shape index (κ3) is 1.11. The smallest absolute Gasteiger partial charge is 0.178 e. The normalized spacial score (nSPS) is 22.5.